The Labute approximate surface area is 199 Å². The molecule has 2 aromatic carbocycles. The average molecular weight is 476 g/mol. The number of hydrogen-bond acceptors (Lipinski definition) is 5. The lowest BCUT2D eigenvalue weighted by Gasteiger charge is -2.26. The van der Waals surface area contributed by atoms with Crippen molar-refractivity contribution >= 4 is 22.0 Å². The lowest BCUT2D eigenvalue weighted by molar-refractivity contribution is -0.116. The van der Waals surface area contributed by atoms with Crippen LogP contribution in [0.5, 0.6) is 0 Å². The number of benzene rings is 2. The van der Waals surface area contributed by atoms with Crippen LogP contribution >= 0.6 is 0 Å². The van der Waals surface area contributed by atoms with Crippen LogP contribution in [0, 0.1) is 11.3 Å². The maximum atomic E-state index is 13.2. The fourth-order valence-electron chi connectivity index (χ4n) is 3.93. The van der Waals surface area contributed by atoms with Crippen LogP contribution in [0.25, 0.3) is 23.0 Å². The minimum atomic E-state index is -3.63. The first kappa shape index (κ1) is 23.4. The van der Waals surface area contributed by atoms with E-state index in [0.29, 0.717) is 29.9 Å². The zero-order valence-corrected chi connectivity index (χ0v) is 19.6. The summed E-state index contributed by atoms with van der Waals surface area (Å²) in [6.45, 7) is 1.03. The van der Waals surface area contributed by atoms with E-state index in [-0.39, 0.29) is 10.5 Å². The number of carbonyl (C=O) groups is 1. The molecule has 8 nitrogen and oxygen atoms in total. The number of amides is 1. The SMILES string of the molecule is CNC(=O)C(C#N)=Cc1cn(-c2ccccc2)nc1-c1cccc(S(=O)(=O)N2CCCCC2)c1. The third-order valence-electron chi connectivity index (χ3n) is 5.72. The summed E-state index contributed by atoms with van der Waals surface area (Å²) in [5.41, 5.74) is 2.29. The first-order valence-electron chi connectivity index (χ1n) is 11.0. The standard InChI is InChI=1S/C25H25N5O3S/c1-27-25(31)20(17-26)15-21-18-30(22-10-4-2-5-11-22)28-24(21)19-9-8-12-23(16-19)34(32,33)29-13-6-3-7-14-29/h2,4-5,8-12,15-16,18H,3,6-7,13-14H2,1H3,(H,27,31). The minimum absolute atomic E-state index is 0.0755. The normalized spacial score (nSPS) is 15.0. The number of para-hydroxylation sites is 1. The van der Waals surface area contributed by atoms with E-state index in [1.807, 2.05) is 36.4 Å². The molecule has 0 aliphatic carbocycles. The number of likely N-dealkylation sites (N-methyl/N-ethyl adjacent to an activating group) is 1. The lowest BCUT2D eigenvalue weighted by atomic mass is 10.1. The van der Waals surface area contributed by atoms with E-state index in [0.717, 1.165) is 24.9 Å². The number of nitrogens with one attached hydrogen (secondary N) is 1. The zero-order valence-electron chi connectivity index (χ0n) is 18.8. The molecule has 0 bridgehead atoms. The molecule has 4 rings (SSSR count). The third-order valence-corrected chi connectivity index (χ3v) is 7.61. The molecule has 9 heteroatoms. The molecule has 1 aliphatic rings. The van der Waals surface area contributed by atoms with Crippen molar-refractivity contribution in [1.29, 1.82) is 5.26 Å². The van der Waals surface area contributed by atoms with E-state index < -0.39 is 15.9 Å². The Bertz CT molecular complexity index is 1370. The summed E-state index contributed by atoms with van der Waals surface area (Å²) >= 11 is 0. The van der Waals surface area contributed by atoms with Gasteiger partial charge in [-0.15, -0.1) is 0 Å². The summed E-state index contributed by atoms with van der Waals surface area (Å²) in [4.78, 5) is 12.3. The molecule has 0 atom stereocenters. The number of aromatic nitrogens is 2. The predicted octanol–water partition coefficient (Wildman–Crippen LogP) is 3.37. The van der Waals surface area contributed by atoms with Crippen molar-refractivity contribution in [3.05, 3.63) is 71.9 Å². The van der Waals surface area contributed by atoms with Gasteiger partial charge in [0, 0.05) is 37.5 Å². The number of rotatable bonds is 6. The lowest BCUT2D eigenvalue weighted by Crippen LogP contribution is -2.35. The molecule has 1 aliphatic heterocycles. The maximum absolute atomic E-state index is 13.2. The monoisotopic (exact) mass is 475 g/mol. The van der Waals surface area contributed by atoms with E-state index >= 15 is 0 Å². The summed E-state index contributed by atoms with van der Waals surface area (Å²) in [6, 6.07) is 18.0. The summed E-state index contributed by atoms with van der Waals surface area (Å²) in [5.74, 6) is -0.512. The van der Waals surface area contributed by atoms with Gasteiger partial charge in [0.05, 0.1) is 10.6 Å². The second-order valence-corrected chi connectivity index (χ2v) is 9.89. The van der Waals surface area contributed by atoms with E-state index in [1.165, 1.54) is 17.4 Å². The molecule has 1 saturated heterocycles. The Kier molecular flexibility index (Phi) is 6.91. The molecule has 2 heterocycles. The van der Waals surface area contributed by atoms with Gasteiger partial charge >= 0.3 is 0 Å². The van der Waals surface area contributed by atoms with Crippen molar-refractivity contribution in [3.8, 4) is 23.0 Å². The maximum Gasteiger partial charge on any atom is 0.261 e. The van der Waals surface area contributed by atoms with Gasteiger partial charge in [-0.3, -0.25) is 4.79 Å². The quantitative estimate of drug-likeness (QED) is 0.434. The number of nitriles is 1. The highest BCUT2D eigenvalue weighted by molar-refractivity contribution is 7.89. The van der Waals surface area contributed by atoms with E-state index in [4.69, 9.17) is 0 Å². The Morgan fingerprint density at radius 3 is 2.50 bits per heavy atom. The van der Waals surface area contributed by atoms with Gasteiger partial charge in [-0.25, -0.2) is 13.1 Å². The highest BCUT2D eigenvalue weighted by Crippen LogP contribution is 2.29. The molecule has 3 aromatic rings. The molecular formula is C25H25N5O3S. The molecule has 174 valence electrons. The Balaban J connectivity index is 1.83. The Morgan fingerprint density at radius 1 is 1.09 bits per heavy atom. The van der Waals surface area contributed by atoms with Gasteiger partial charge in [0.2, 0.25) is 10.0 Å². The second kappa shape index (κ2) is 10.0. The fraction of sp³-hybridized carbons (Fsp3) is 0.240. The molecule has 0 spiro atoms. The Hall–Kier alpha value is -3.74. The molecular weight excluding hydrogens is 450 g/mol. The highest BCUT2D eigenvalue weighted by Gasteiger charge is 2.26. The van der Waals surface area contributed by atoms with Crippen molar-refractivity contribution in [2.75, 3.05) is 20.1 Å². The van der Waals surface area contributed by atoms with Gasteiger partial charge in [-0.2, -0.15) is 14.7 Å². The average Bonchev–Trinajstić information content (AvgIpc) is 3.32. The van der Waals surface area contributed by atoms with Crippen molar-refractivity contribution in [1.82, 2.24) is 19.4 Å². The molecule has 1 fully saturated rings. The van der Waals surface area contributed by atoms with Crippen LogP contribution in [0.3, 0.4) is 0 Å². The summed E-state index contributed by atoms with van der Waals surface area (Å²) < 4.78 is 29.6. The summed E-state index contributed by atoms with van der Waals surface area (Å²) in [5, 5.41) is 16.6. The molecule has 1 amide bonds. The van der Waals surface area contributed by atoms with Gasteiger partial charge in [-0.1, -0.05) is 36.8 Å². The molecule has 34 heavy (non-hydrogen) atoms. The van der Waals surface area contributed by atoms with E-state index in [1.54, 1.807) is 35.1 Å². The molecule has 0 radical (unpaired) electrons. The summed E-state index contributed by atoms with van der Waals surface area (Å²) in [7, 11) is -2.17. The number of nitrogens with zero attached hydrogens (tertiary/aromatic N) is 4. The predicted molar refractivity (Wildman–Crippen MR) is 129 cm³/mol. The first-order chi connectivity index (χ1) is 16.4. The second-order valence-electron chi connectivity index (χ2n) is 7.95. The van der Waals surface area contributed by atoms with Gasteiger partial charge in [0.15, 0.2) is 0 Å². The van der Waals surface area contributed by atoms with Gasteiger partial charge in [0.1, 0.15) is 17.3 Å². The molecule has 1 aromatic heterocycles. The van der Waals surface area contributed by atoms with E-state index in [9.17, 15) is 18.5 Å². The van der Waals surface area contributed by atoms with Crippen LogP contribution in [0.15, 0.2) is 71.3 Å². The molecule has 0 unspecified atom stereocenters. The van der Waals surface area contributed by atoms with Crippen LogP contribution in [-0.4, -0.2) is 48.5 Å². The largest absolute Gasteiger partial charge is 0.354 e. The topological polar surface area (TPSA) is 108 Å². The van der Waals surface area contributed by atoms with Crippen LogP contribution < -0.4 is 5.32 Å². The zero-order chi connectivity index (χ0) is 24.1. The van der Waals surface area contributed by atoms with E-state index in [2.05, 4.69) is 10.4 Å². The fourth-order valence-corrected chi connectivity index (χ4v) is 5.49. The number of piperidine rings is 1. The van der Waals surface area contributed by atoms with Crippen LogP contribution in [-0.2, 0) is 14.8 Å². The van der Waals surface area contributed by atoms with Crippen molar-refractivity contribution < 1.29 is 13.2 Å². The van der Waals surface area contributed by atoms with Crippen LogP contribution in [0.2, 0.25) is 0 Å². The van der Waals surface area contributed by atoms with Gasteiger partial charge in [-0.05, 0) is 43.2 Å². The highest BCUT2D eigenvalue weighted by atomic mass is 32.2. The first-order valence-corrected chi connectivity index (χ1v) is 12.5. The third kappa shape index (κ3) is 4.78. The number of sulfonamides is 1. The summed E-state index contributed by atoms with van der Waals surface area (Å²) in [6.07, 6.45) is 5.92. The van der Waals surface area contributed by atoms with Crippen molar-refractivity contribution in [2.45, 2.75) is 24.2 Å². The smallest absolute Gasteiger partial charge is 0.261 e. The van der Waals surface area contributed by atoms with Crippen LogP contribution in [0.4, 0.5) is 0 Å². The van der Waals surface area contributed by atoms with Crippen LogP contribution in [0.1, 0.15) is 24.8 Å². The molecule has 0 saturated carbocycles. The number of carbonyl (C=O) groups excluding carboxylic acids is 1. The Morgan fingerprint density at radius 2 is 1.82 bits per heavy atom. The number of hydrogen-bond donors (Lipinski definition) is 1. The van der Waals surface area contributed by atoms with Crippen molar-refractivity contribution in [2.24, 2.45) is 0 Å². The minimum Gasteiger partial charge on any atom is -0.354 e. The molecule has 1 N–H and O–H groups in total. The van der Waals surface area contributed by atoms with Gasteiger partial charge < -0.3 is 5.32 Å². The van der Waals surface area contributed by atoms with Gasteiger partial charge in [0.25, 0.3) is 5.91 Å². The van der Waals surface area contributed by atoms with Crippen molar-refractivity contribution in [3.63, 3.8) is 0 Å².